The van der Waals surface area contributed by atoms with E-state index >= 15 is 0 Å². The molecule has 4 N–H and O–H groups in total. The molecule has 0 aliphatic heterocycles. The quantitative estimate of drug-likeness (QED) is 0.613. The molecule has 0 heterocycles. The van der Waals surface area contributed by atoms with Crippen LogP contribution < -0.4 is 15.2 Å². The average Bonchev–Trinajstić information content (AvgIpc) is 2.35. The Morgan fingerprint density at radius 1 is 1.05 bits per heavy atom. The maximum absolute atomic E-state index is 10.5. The number of nitrogens with two attached hydrogens (primary N) is 1. The smallest absolute Gasteiger partial charge is 0.341 e. The first-order valence-electron chi connectivity index (χ1n) is 5.55. The average molecular weight is 269 g/mol. The van der Waals surface area contributed by atoms with Crippen molar-refractivity contribution in [2.45, 2.75) is 6.42 Å². The molecule has 7 nitrogen and oxygen atoms in total. The molecule has 1 aromatic carbocycles. The number of hydrogen-bond acceptors (Lipinski definition) is 5. The number of ether oxygens (including phenoxy) is 2. The highest BCUT2D eigenvalue weighted by Gasteiger charge is 2.10. The summed E-state index contributed by atoms with van der Waals surface area (Å²) in [6, 6.07) is 4.84. The zero-order valence-corrected chi connectivity index (χ0v) is 10.2. The van der Waals surface area contributed by atoms with E-state index in [-0.39, 0.29) is 11.5 Å². The lowest BCUT2D eigenvalue weighted by atomic mass is 10.1. The fourth-order valence-corrected chi connectivity index (χ4v) is 1.39. The summed E-state index contributed by atoms with van der Waals surface area (Å²) in [7, 11) is 0. The highest BCUT2D eigenvalue weighted by molar-refractivity contribution is 5.69. The molecule has 0 radical (unpaired) electrons. The van der Waals surface area contributed by atoms with Gasteiger partial charge >= 0.3 is 11.9 Å². The van der Waals surface area contributed by atoms with Crippen LogP contribution in [0.15, 0.2) is 18.2 Å². The first-order chi connectivity index (χ1) is 9.02. The molecule has 0 unspecified atom stereocenters. The largest absolute Gasteiger partial charge is 0.479 e. The Labute approximate surface area is 109 Å². The van der Waals surface area contributed by atoms with Crippen LogP contribution in [0.3, 0.4) is 0 Å². The van der Waals surface area contributed by atoms with Gasteiger partial charge < -0.3 is 25.4 Å². The molecule has 19 heavy (non-hydrogen) atoms. The zero-order valence-electron chi connectivity index (χ0n) is 10.2. The summed E-state index contributed by atoms with van der Waals surface area (Å²) in [4.78, 5) is 20.9. The van der Waals surface area contributed by atoms with Crippen LogP contribution >= 0.6 is 0 Å². The van der Waals surface area contributed by atoms with E-state index in [2.05, 4.69) is 0 Å². The lowest BCUT2D eigenvalue weighted by Gasteiger charge is -2.12. The SMILES string of the molecule is NCCc1ccc(OCC(=O)O)c(OCC(=O)O)c1. The van der Waals surface area contributed by atoms with Gasteiger partial charge in [-0.05, 0) is 30.7 Å². The second-order valence-electron chi connectivity index (χ2n) is 3.68. The molecule has 0 saturated heterocycles. The molecule has 0 aliphatic carbocycles. The molecule has 0 aromatic heterocycles. The highest BCUT2D eigenvalue weighted by atomic mass is 16.5. The van der Waals surface area contributed by atoms with Crippen molar-refractivity contribution in [2.75, 3.05) is 19.8 Å². The van der Waals surface area contributed by atoms with Gasteiger partial charge in [0.15, 0.2) is 24.7 Å². The van der Waals surface area contributed by atoms with Crippen molar-refractivity contribution >= 4 is 11.9 Å². The van der Waals surface area contributed by atoms with Crippen molar-refractivity contribution in [1.82, 2.24) is 0 Å². The minimum Gasteiger partial charge on any atom is -0.479 e. The number of benzene rings is 1. The summed E-state index contributed by atoms with van der Waals surface area (Å²) in [5.74, 6) is -1.89. The van der Waals surface area contributed by atoms with Crippen molar-refractivity contribution in [3.8, 4) is 11.5 Å². The van der Waals surface area contributed by atoms with Gasteiger partial charge in [0.1, 0.15) is 0 Å². The fourth-order valence-electron chi connectivity index (χ4n) is 1.39. The predicted octanol–water partition coefficient (Wildman–Crippen LogP) is 0.115. The second-order valence-corrected chi connectivity index (χ2v) is 3.68. The van der Waals surface area contributed by atoms with Crippen LogP contribution in [0.4, 0.5) is 0 Å². The second kappa shape index (κ2) is 7.22. The minimum absolute atomic E-state index is 0.185. The Kier molecular flexibility index (Phi) is 5.62. The van der Waals surface area contributed by atoms with Crippen LogP contribution in [0, 0.1) is 0 Å². The topological polar surface area (TPSA) is 119 Å². The lowest BCUT2D eigenvalue weighted by molar-refractivity contribution is -0.140. The van der Waals surface area contributed by atoms with Gasteiger partial charge in [-0.25, -0.2) is 9.59 Å². The third-order valence-corrected chi connectivity index (χ3v) is 2.14. The van der Waals surface area contributed by atoms with Gasteiger partial charge in [-0.1, -0.05) is 6.07 Å². The normalized spacial score (nSPS) is 9.95. The van der Waals surface area contributed by atoms with Crippen LogP contribution in [-0.2, 0) is 16.0 Å². The van der Waals surface area contributed by atoms with E-state index in [1.165, 1.54) is 6.07 Å². The first kappa shape index (κ1) is 14.8. The Bertz CT molecular complexity index is 460. The maximum atomic E-state index is 10.5. The first-order valence-corrected chi connectivity index (χ1v) is 5.55. The van der Waals surface area contributed by atoms with Crippen molar-refractivity contribution in [1.29, 1.82) is 0 Å². The number of carboxylic acid groups (broad SMARTS) is 2. The van der Waals surface area contributed by atoms with Gasteiger partial charge in [-0.15, -0.1) is 0 Å². The molecule has 0 bridgehead atoms. The van der Waals surface area contributed by atoms with E-state index in [1.807, 2.05) is 0 Å². The van der Waals surface area contributed by atoms with Crippen LogP contribution in [0.25, 0.3) is 0 Å². The molecular weight excluding hydrogens is 254 g/mol. The van der Waals surface area contributed by atoms with Crippen molar-refractivity contribution < 1.29 is 29.3 Å². The Morgan fingerprint density at radius 2 is 1.63 bits per heavy atom. The van der Waals surface area contributed by atoms with E-state index in [0.717, 1.165) is 5.56 Å². The molecule has 1 aromatic rings. The summed E-state index contributed by atoms with van der Waals surface area (Å²) in [5.41, 5.74) is 6.28. The highest BCUT2D eigenvalue weighted by Crippen LogP contribution is 2.28. The molecule has 0 fully saturated rings. The van der Waals surface area contributed by atoms with Gasteiger partial charge in [0.25, 0.3) is 0 Å². The Balaban J connectivity index is 2.86. The summed E-state index contributed by atoms with van der Waals surface area (Å²) in [6.07, 6.45) is 0.600. The van der Waals surface area contributed by atoms with Crippen LogP contribution in [0.2, 0.25) is 0 Å². The minimum atomic E-state index is -1.13. The van der Waals surface area contributed by atoms with E-state index in [1.54, 1.807) is 12.1 Å². The summed E-state index contributed by atoms with van der Waals surface area (Å²) in [6.45, 7) is -0.622. The molecule has 7 heteroatoms. The number of carboxylic acids is 2. The number of carbonyl (C=O) groups is 2. The van der Waals surface area contributed by atoms with E-state index < -0.39 is 25.2 Å². The van der Waals surface area contributed by atoms with Gasteiger partial charge in [0, 0.05) is 0 Å². The number of hydrogen-bond donors (Lipinski definition) is 3. The Hall–Kier alpha value is -2.28. The Morgan fingerprint density at radius 3 is 2.16 bits per heavy atom. The third-order valence-electron chi connectivity index (χ3n) is 2.14. The van der Waals surface area contributed by atoms with Gasteiger partial charge in [-0.2, -0.15) is 0 Å². The molecular formula is C12H15NO6. The van der Waals surface area contributed by atoms with Gasteiger partial charge in [0.2, 0.25) is 0 Å². The summed E-state index contributed by atoms with van der Waals surface area (Å²) < 4.78 is 10.1. The molecule has 0 aliphatic rings. The summed E-state index contributed by atoms with van der Waals surface area (Å²) >= 11 is 0. The molecule has 1 rings (SSSR count). The van der Waals surface area contributed by atoms with Crippen LogP contribution in [0.1, 0.15) is 5.56 Å². The molecule has 104 valence electrons. The fraction of sp³-hybridized carbons (Fsp3) is 0.333. The number of aliphatic carboxylic acids is 2. The standard InChI is InChI=1S/C12H15NO6/c13-4-3-8-1-2-9(18-6-11(14)15)10(5-8)19-7-12(16)17/h1-2,5H,3-4,6-7,13H2,(H,14,15)(H,16,17). The van der Waals surface area contributed by atoms with Crippen LogP contribution in [-0.4, -0.2) is 41.9 Å². The molecule has 0 spiro atoms. The summed E-state index contributed by atoms with van der Waals surface area (Å²) in [5, 5.41) is 17.1. The third kappa shape index (κ3) is 5.26. The lowest BCUT2D eigenvalue weighted by Crippen LogP contribution is -2.13. The zero-order chi connectivity index (χ0) is 14.3. The van der Waals surface area contributed by atoms with E-state index in [9.17, 15) is 9.59 Å². The van der Waals surface area contributed by atoms with E-state index in [0.29, 0.717) is 13.0 Å². The molecule has 0 atom stereocenters. The molecule has 0 amide bonds. The van der Waals surface area contributed by atoms with Gasteiger partial charge in [-0.3, -0.25) is 0 Å². The van der Waals surface area contributed by atoms with Crippen molar-refractivity contribution in [3.63, 3.8) is 0 Å². The van der Waals surface area contributed by atoms with Gasteiger partial charge in [0.05, 0.1) is 0 Å². The predicted molar refractivity (Wildman–Crippen MR) is 65.5 cm³/mol. The maximum Gasteiger partial charge on any atom is 0.341 e. The van der Waals surface area contributed by atoms with Crippen molar-refractivity contribution in [3.05, 3.63) is 23.8 Å². The molecule has 0 saturated carbocycles. The van der Waals surface area contributed by atoms with Crippen molar-refractivity contribution in [2.24, 2.45) is 5.73 Å². The monoisotopic (exact) mass is 269 g/mol. The number of rotatable bonds is 8. The van der Waals surface area contributed by atoms with E-state index in [4.69, 9.17) is 25.4 Å². The van der Waals surface area contributed by atoms with Crippen LogP contribution in [0.5, 0.6) is 11.5 Å².